The zero-order valence-corrected chi connectivity index (χ0v) is 18.2. The van der Waals surface area contributed by atoms with Gasteiger partial charge in [0.25, 0.3) is 5.91 Å². The molecule has 1 aliphatic rings. The number of esters is 1. The molecule has 158 valence electrons. The van der Waals surface area contributed by atoms with Gasteiger partial charge in [0, 0.05) is 16.6 Å². The molecular formula is C20H21ClN4O4S. The van der Waals surface area contributed by atoms with Crippen molar-refractivity contribution in [2.45, 2.75) is 46.1 Å². The van der Waals surface area contributed by atoms with Crippen molar-refractivity contribution in [1.29, 1.82) is 0 Å². The number of halogens is 1. The zero-order valence-electron chi connectivity index (χ0n) is 16.7. The first-order chi connectivity index (χ1) is 14.5. The van der Waals surface area contributed by atoms with Crippen LogP contribution in [0.2, 0.25) is 5.02 Å². The van der Waals surface area contributed by atoms with E-state index in [1.54, 1.807) is 24.7 Å². The minimum Gasteiger partial charge on any atom is -0.462 e. The van der Waals surface area contributed by atoms with Gasteiger partial charge in [-0.25, -0.2) is 4.79 Å². The summed E-state index contributed by atoms with van der Waals surface area (Å²) in [6, 6.07) is 0. The number of anilines is 1. The Morgan fingerprint density at radius 1 is 1.37 bits per heavy atom. The topological polar surface area (TPSA) is 99.2 Å². The first-order valence-electron chi connectivity index (χ1n) is 9.74. The van der Waals surface area contributed by atoms with Crippen LogP contribution < -0.4 is 5.32 Å². The Morgan fingerprint density at radius 2 is 2.17 bits per heavy atom. The van der Waals surface area contributed by atoms with E-state index in [4.69, 9.17) is 20.9 Å². The number of amides is 1. The van der Waals surface area contributed by atoms with Crippen LogP contribution >= 0.6 is 22.9 Å². The van der Waals surface area contributed by atoms with Crippen molar-refractivity contribution >= 4 is 39.8 Å². The molecule has 4 rings (SSSR count). The largest absolute Gasteiger partial charge is 0.462 e. The maximum Gasteiger partial charge on any atom is 0.341 e. The van der Waals surface area contributed by atoms with Crippen LogP contribution in [0.4, 0.5) is 5.00 Å². The molecule has 1 N–H and O–H groups in total. The van der Waals surface area contributed by atoms with E-state index in [-0.39, 0.29) is 18.8 Å². The van der Waals surface area contributed by atoms with Gasteiger partial charge in [-0.15, -0.1) is 11.3 Å². The number of carbonyl (C=O) groups excluding carboxylic acids is 2. The van der Waals surface area contributed by atoms with E-state index >= 15 is 0 Å². The lowest BCUT2D eigenvalue weighted by atomic mass is 9.95. The molecule has 0 radical (unpaired) electrons. The molecule has 0 saturated carbocycles. The number of rotatable bonds is 6. The molecule has 0 bridgehead atoms. The third-order valence-electron chi connectivity index (χ3n) is 5.00. The number of aryl methyl sites for hydroxylation is 2. The van der Waals surface area contributed by atoms with Crippen molar-refractivity contribution in [3.63, 3.8) is 0 Å². The number of nitrogens with one attached hydrogen (secondary N) is 1. The van der Waals surface area contributed by atoms with E-state index in [1.165, 1.54) is 17.5 Å². The van der Waals surface area contributed by atoms with E-state index < -0.39 is 11.9 Å². The second kappa shape index (κ2) is 8.61. The van der Waals surface area contributed by atoms with Gasteiger partial charge in [0.1, 0.15) is 10.8 Å². The van der Waals surface area contributed by atoms with Crippen LogP contribution in [0.5, 0.6) is 0 Å². The third-order valence-corrected chi connectivity index (χ3v) is 6.40. The number of thiophene rings is 1. The van der Waals surface area contributed by atoms with Crippen molar-refractivity contribution in [2.24, 2.45) is 0 Å². The molecule has 1 aliphatic carbocycles. The molecule has 30 heavy (non-hydrogen) atoms. The maximum atomic E-state index is 13.1. The third kappa shape index (κ3) is 3.99. The van der Waals surface area contributed by atoms with E-state index in [0.717, 1.165) is 36.1 Å². The minimum absolute atomic E-state index is 0.153. The second-order valence-electron chi connectivity index (χ2n) is 7.01. The molecule has 0 aliphatic heterocycles. The lowest BCUT2D eigenvalue weighted by Gasteiger charge is -2.12. The molecule has 3 aromatic rings. The minimum atomic E-state index is -0.441. The highest BCUT2D eigenvalue weighted by Gasteiger charge is 2.29. The Labute approximate surface area is 182 Å². The second-order valence-corrected chi connectivity index (χ2v) is 8.55. The average Bonchev–Trinajstić information content (AvgIpc) is 3.39. The number of aromatic nitrogens is 3. The fraction of sp³-hybridized carbons (Fsp3) is 0.400. The summed E-state index contributed by atoms with van der Waals surface area (Å²) < 4.78 is 12.1. The number of fused-ring (bicyclic) bond motifs is 1. The number of ether oxygens (including phenoxy) is 1. The summed E-state index contributed by atoms with van der Waals surface area (Å²) in [4.78, 5) is 26.8. The van der Waals surface area contributed by atoms with Crippen molar-refractivity contribution in [3.8, 4) is 0 Å². The van der Waals surface area contributed by atoms with Crippen molar-refractivity contribution in [3.05, 3.63) is 50.4 Å². The van der Waals surface area contributed by atoms with Gasteiger partial charge in [0.15, 0.2) is 5.69 Å². The molecular weight excluding hydrogens is 428 g/mol. The molecule has 3 heterocycles. The normalized spacial score (nSPS) is 13.2. The summed E-state index contributed by atoms with van der Waals surface area (Å²) >= 11 is 7.36. The van der Waals surface area contributed by atoms with Gasteiger partial charge in [0.05, 0.1) is 29.9 Å². The number of carbonyl (C=O) groups is 2. The van der Waals surface area contributed by atoms with Crippen LogP contribution in [0, 0.1) is 6.92 Å². The number of hydrogen-bond acceptors (Lipinski definition) is 7. The first-order valence-corrected chi connectivity index (χ1v) is 10.9. The summed E-state index contributed by atoms with van der Waals surface area (Å²) in [6.07, 6.45) is 6.97. The van der Waals surface area contributed by atoms with Crippen molar-refractivity contribution in [1.82, 2.24) is 14.9 Å². The van der Waals surface area contributed by atoms with Crippen LogP contribution in [0.3, 0.4) is 0 Å². The quantitative estimate of drug-likeness (QED) is 0.566. The number of hydrogen-bond donors (Lipinski definition) is 1. The summed E-state index contributed by atoms with van der Waals surface area (Å²) in [5.41, 5.74) is 2.21. The Morgan fingerprint density at radius 3 is 2.90 bits per heavy atom. The molecule has 0 fully saturated rings. The highest BCUT2D eigenvalue weighted by atomic mass is 35.5. The molecule has 0 aromatic carbocycles. The van der Waals surface area contributed by atoms with E-state index in [2.05, 4.69) is 15.6 Å². The van der Waals surface area contributed by atoms with E-state index in [1.807, 2.05) is 0 Å². The standard InChI is InChI=1S/C20H21ClN4O4S/c1-3-28-20(27)16-13-6-4-5-7-15(13)30-19(16)23-18(26)17-14(11(2)29-24-17)10-25-9-12(21)8-22-25/h8-9H,3-7,10H2,1-2H3,(H,23,26). The lowest BCUT2D eigenvalue weighted by molar-refractivity contribution is 0.0526. The highest BCUT2D eigenvalue weighted by Crippen LogP contribution is 2.39. The Hall–Kier alpha value is -2.65. The predicted molar refractivity (Wildman–Crippen MR) is 112 cm³/mol. The van der Waals surface area contributed by atoms with Crippen LogP contribution in [0.1, 0.15) is 62.4 Å². The average molecular weight is 449 g/mol. The molecule has 0 saturated heterocycles. The van der Waals surface area contributed by atoms with Crippen LogP contribution in [0.25, 0.3) is 0 Å². The molecule has 0 spiro atoms. The van der Waals surface area contributed by atoms with Gasteiger partial charge in [-0.2, -0.15) is 5.10 Å². The van der Waals surface area contributed by atoms with Gasteiger partial charge in [-0.3, -0.25) is 9.48 Å². The fourth-order valence-electron chi connectivity index (χ4n) is 3.58. The molecule has 0 atom stereocenters. The Bertz CT molecular complexity index is 1100. The fourth-order valence-corrected chi connectivity index (χ4v) is 5.01. The predicted octanol–water partition coefficient (Wildman–Crippen LogP) is 4.25. The van der Waals surface area contributed by atoms with Gasteiger partial charge in [-0.05, 0) is 45.1 Å². The van der Waals surface area contributed by atoms with Crippen molar-refractivity contribution < 1.29 is 18.8 Å². The monoisotopic (exact) mass is 448 g/mol. The van der Waals surface area contributed by atoms with E-state index in [0.29, 0.717) is 26.9 Å². The summed E-state index contributed by atoms with van der Waals surface area (Å²) in [5, 5.41) is 11.9. The lowest BCUT2D eigenvalue weighted by Crippen LogP contribution is -2.18. The highest BCUT2D eigenvalue weighted by molar-refractivity contribution is 7.17. The van der Waals surface area contributed by atoms with Gasteiger partial charge < -0.3 is 14.6 Å². The van der Waals surface area contributed by atoms with Crippen LogP contribution in [-0.2, 0) is 24.1 Å². The van der Waals surface area contributed by atoms with Crippen LogP contribution in [-0.4, -0.2) is 33.4 Å². The molecule has 3 aromatic heterocycles. The van der Waals surface area contributed by atoms with Gasteiger partial charge in [0.2, 0.25) is 0 Å². The smallest absolute Gasteiger partial charge is 0.341 e. The zero-order chi connectivity index (χ0) is 21.3. The Kier molecular flexibility index (Phi) is 5.92. The van der Waals surface area contributed by atoms with E-state index in [9.17, 15) is 9.59 Å². The molecule has 10 heteroatoms. The summed E-state index contributed by atoms with van der Waals surface area (Å²) in [7, 11) is 0. The number of nitrogens with zero attached hydrogens (tertiary/aromatic N) is 3. The molecule has 8 nitrogen and oxygen atoms in total. The molecule has 0 unspecified atom stereocenters. The SMILES string of the molecule is CCOC(=O)c1c(NC(=O)c2noc(C)c2Cn2cc(Cl)cn2)sc2c1CCCC2. The van der Waals surface area contributed by atoms with Gasteiger partial charge >= 0.3 is 5.97 Å². The maximum absolute atomic E-state index is 13.1. The van der Waals surface area contributed by atoms with Crippen molar-refractivity contribution in [2.75, 3.05) is 11.9 Å². The molecule has 1 amide bonds. The Balaban J connectivity index is 1.63. The van der Waals surface area contributed by atoms with Gasteiger partial charge in [-0.1, -0.05) is 16.8 Å². The van der Waals surface area contributed by atoms with Crippen LogP contribution in [0.15, 0.2) is 16.9 Å². The summed E-state index contributed by atoms with van der Waals surface area (Å²) in [5.74, 6) is -0.331. The summed E-state index contributed by atoms with van der Waals surface area (Å²) in [6.45, 7) is 4.06. The first kappa shape index (κ1) is 20.6.